The molecule has 0 radical (unpaired) electrons. The molecule has 2 aromatic rings. The van der Waals surface area contributed by atoms with Gasteiger partial charge in [0, 0.05) is 22.8 Å². The van der Waals surface area contributed by atoms with Crippen LogP contribution in [0.4, 0.5) is 0 Å². The van der Waals surface area contributed by atoms with E-state index in [9.17, 15) is 14.4 Å². The molecule has 0 heterocycles. The average Bonchev–Trinajstić information content (AvgIpc) is 2.76. The first kappa shape index (κ1) is 24.1. The van der Waals surface area contributed by atoms with Crippen LogP contribution >= 0.6 is 0 Å². The second kappa shape index (κ2) is 10.8. The lowest BCUT2D eigenvalue weighted by Crippen LogP contribution is -2.09. The number of ketones is 1. The predicted molar refractivity (Wildman–Crippen MR) is 120 cm³/mol. The van der Waals surface area contributed by atoms with Gasteiger partial charge in [-0.1, -0.05) is 19.2 Å². The van der Waals surface area contributed by atoms with E-state index in [1.54, 1.807) is 37.3 Å². The highest BCUT2D eigenvalue weighted by molar-refractivity contribution is 6.07. The van der Waals surface area contributed by atoms with Crippen molar-refractivity contribution in [1.29, 1.82) is 0 Å². The van der Waals surface area contributed by atoms with Gasteiger partial charge in [0.2, 0.25) is 0 Å². The summed E-state index contributed by atoms with van der Waals surface area (Å²) in [6.07, 6.45) is 2.89. The van der Waals surface area contributed by atoms with Gasteiger partial charge in [-0.2, -0.15) is 0 Å². The van der Waals surface area contributed by atoms with Gasteiger partial charge in [0.15, 0.2) is 17.3 Å². The molecule has 166 valence electrons. The van der Waals surface area contributed by atoms with Gasteiger partial charge >= 0.3 is 11.9 Å². The second-order valence-electron chi connectivity index (χ2n) is 6.84. The van der Waals surface area contributed by atoms with Crippen LogP contribution in [0.3, 0.4) is 0 Å². The Morgan fingerprint density at radius 2 is 1.41 bits per heavy atom. The van der Waals surface area contributed by atoms with Gasteiger partial charge in [-0.05, 0) is 55.8 Å². The van der Waals surface area contributed by atoms with E-state index in [-0.39, 0.29) is 34.0 Å². The summed E-state index contributed by atoms with van der Waals surface area (Å²) >= 11 is 0. The van der Waals surface area contributed by atoms with Crippen LogP contribution in [-0.2, 0) is 9.59 Å². The lowest BCUT2D eigenvalue weighted by Gasteiger charge is -2.10. The molecule has 7 heteroatoms. The van der Waals surface area contributed by atoms with Crippen LogP contribution in [0, 0.1) is 0 Å². The predicted octanol–water partition coefficient (Wildman–Crippen LogP) is 4.56. The molecule has 7 nitrogen and oxygen atoms in total. The minimum atomic E-state index is -0.628. The van der Waals surface area contributed by atoms with Crippen molar-refractivity contribution < 1.29 is 33.3 Å². The maximum atomic E-state index is 12.7. The minimum absolute atomic E-state index is 0.107. The normalized spacial score (nSPS) is 10.4. The minimum Gasteiger partial charge on any atom is -0.497 e. The highest BCUT2D eigenvalue weighted by Gasteiger charge is 2.14. The zero-order chi connectivity index (χ0) is 23.8. The summed E-state index contributed by atoms with van der Waals surface area (Å²) in [5.41, 5.74) is 1.32. The molecule has 0 saturated carbocycles. The van der Waals surface area contributed by atoms with Gasteiger partial charge in [0.25, 0.3) is 0 Å². The molecule has 2 rings (SSSR count). The molecule has 0 saturated heterocycles. The monoisotopic (exact) mass is 436 g/mol. The lowest BCUT2D eigenvalue weighted by molar-refractivity contribution is -0.131. The topological polar surface area (TPSA) is 88.1 Å². The maximum Gasteiger partial charge on any atom is 0.338 e. The summed E-state index contributed by atoms with van der Waals surface area (Å²) in [6.45, 7) is 10.1. The Hall–Kier alpha value is -4.13. The quantitative estimate of drug-likeness (QED) is 0.246. The molecule has 0 aliphatic rings. The molecular formula is C25H24O7. The fourth-order valence-electron chi connectivity index (χ4n) is 2.43. The third-order valence-corrected chi connectivity index (χ3v) is 4.12. The molecule has 0 N–H and O–H groups in total. The SMILES string of the molecule is C=C(C)C(=O)Oc1cc(/C=C/C(=O)c2ccc(OC)c(OC(=O)C(=C)C)c2)cc(OC)c1. The van der Waals surface area contributed by atoms with Crippen LogP contribution in [0.25, 0.3) is 6.08 Å². The summed E-state index contributed by atoms with van der Waals surface area (Å²) in [5, 5.41) is 0. The molecule has 0 fully saturated rings. The third kappa shape index (κ3) is 6.43. The number of ether oxygens (including phenoxy) is 4. The Kier molecular flexibility index (Phi) is 8.12. The number of methoxy groups -OCH3 is 2. The first-order valence-electron chi connectivity index (χ1n) is 9.49. The van der Waals surface area contributed by atoms with Gasteiger partial charge in [-0.3, -0.25) is 4.79 Å². The molecule has 2 aromatic carbocycles. The molecular weight excluding hydrogens is 412 g/mol. The largest absolute Gasteiger partial charge is 0.497 e. The number of carbonyl (C=O) groups excluding carboxylic acids is 3. The fraction of sp³-hybridized carbons (Fsp3) is 0.160. The van der Waals surface area contributed by atoms with Crippen molar-refractivity contribution in [3.05, 3.63) is 77.9 Å². The number of allylic oxidation sites excluding steroid dienone is 1. The standard InChI is InChI=1S/C25H24O7/c1-15(2)24(27)31-20-12-17(11-19(14-20)29-5)7-9-21(26)18-8-10-22(30-6)23(13-18)32-25(28)16(3)4/h7-14H,1,3H2,2,4-6H3/b9-7+. The van der Waals surface area contributed by atoms with Gasteiger partial charge in [0.1, 0.15) is 11.5 Å². The van der Waals surface area contributed by atoms with Crippen molar-refractivity contribution in [2.45, 2.75) is 13.8 Å². The molecule has 0 unspecified atom stereocenters. The number of benzene rings is 2. The van der Waals surface area contributed by atoms with Crippen molar-refractivity contribution in [1.82, 2.24) is 0 Å². The van der Waals surface area contributed by atoms with Crippen LogP contribution in [0.5, 0.6) is 23.0 Å². The molecule has 0 atom stereocenters. The van der Waals surface area contributed by atoms with E-state index < -0.39 is 11.9 Å². The molecule has 0 aliphatic carbocycles. The van der Waals surface area contributed by atoms with Gasteiger partial charge < -0.3 is 18.9 Å². The Bertz CT molecular complexity index is 1110. The summed E-state index contributed by atoms with van der Waals surface area (Å²) in [7, 11) is 2.90. The third-order valence-electron chi connectivity index (χ3n) is 4.12. The van der Waals surface area contributed by atoms with E-state index in [0.717, 1.165) is 0 Å². The molecule has 0 bridgehead atoms. The van der Waals surface area contributed by atoms with Crippen molar-refractivity contribution in [2.24, 2.45) is 0 Å². The maximum absolute atomic E-state index is 12.7. The summed E-state index contributed by atoms with van der Waals surface area (Å²) in [6, 6.07) is 9.30. The molecule has 0 amide bonds. The van der Waals surface area contributed by atoms with Crippen molar-refractivity contribution >= 4 is 23.8 Å². The smallest absolute Gasteiger partial charge is 0.338 e. The number of esters is 2. The van der Waals surface area contributed by atoms with Crippen LogP contribution < -0.4 is 18.9 Å². The first-order chi connectivity index (χ1) is 15.1. The molecule has 0 spiro atoms. The highest BCUT2D eigenvalue weighted by atomic mass is 16.6. The summed E-state index contributed by atoms with van der Waals surface area (Å²) < 4.78 is 20.9. The Morgan fingerprint density at radius 1 is 0.781 bits per heavy atom. The van der Waals surface area contributed by atoms with Crippen LogP contribution in [0.2, 0.25) is 0 Å². The second-order valence-corrected chi connectivity index (χ2v) is 6.84. The number of rotatable bonds is 9. The fourth-order valence-corrected chi connectivity index (χ4v) is 2.43. The Morgan fingerprint density at radius 3 is 2.00 bits per heavy atom. The van der Waals surface area contributed by atoms with Crippen LogP contribution in [0.15, 0.2) is 66.8 Å². The van der Waals surface area contributed by atoms with Crippen molar-refractivity contribution in [2.75, 3.05) is 14.2 Å². The van der Waals surface area contributed by atoms with Crippen LogP contribution in [-0.4, -0.2) is 31.9 Å². The number of carbonyl (C=O) groups is 3. The first-order valence-corrected chi connectivity index (χ1v) is 9.49. The van der Waals surface area contributed by atoms with Gasteiger partial charge in [-0.15, -0.1) is 0 Å². The highest BCUT2D eigenvalue weighted by Crippen LogP contribution is 2.29. The Labute approximate surface area is 186 Å². The molecule has 0 aromatic heterocycles. The lowest BCUT2D eigenvalue weighted by atomic mass is 10.1. The number of hydrogen-bond acceptors (Lipinski definition) is 7. The summed E-state index contributed by atoms with van der Waals surface area (Å²) in [4.78, 5) is 36.3. The van der Waals surface area contributed by atoms with E-state index in [1.165, 1.54) is 39.4 Å². The van der Waals surface area contributed by atoms with Crippen LogP contribution in [0.1, 0.15) is 29.8 Å². The van der Waals surface area contributed by atoms with E-state index in [4.69, 9.17) is 18.9 Å². The van der Waals surface area contributed by atoms with Gasteiger partial charge in [0.05, 0.1) is 14.2 Å². The Balaban J connectivity index is 2.29. The average molecular weight is 436 g/mol. The van der Waals surface area contributed by atoms with E-state index in [2.05, 4.69) is 13.2 Å². The van der Waals surface area contributed by atoms with Crippen molar-refractivity contribution in [3.8, 4) is 23.0 Å². The van der Waals surface area contributed by atoms with Crippen molar-refractivity contribution in [3.63, 3.8) is 0 Å². The van der Waals surface area contributed by atoms with Gasteiger partial charge in [-0.25, -0.2) is 9.59 Å². The zero-order valence-electron chi connectivity index (χ0n) is 18.4. The summed E-state index contributed by atoms with van der Waals surface area (Å²) in [5.74, 6) is -0.433. The van der Waals surface area contributed by atoms with E-state index >= 15 is 0 Å². The number of hydrogen-bond donors (Lipinski definition) is 0. The molecule has 32 heavy (non-hydrogen) atoms. The van der Waals surface area contributed by atoms with E-state index in [0.29, 0.717) is 17.1 Å². The molecule has 0 aliphatic heterocycles. The van der Waals surface area contributed by atoms with E-state index in [1.807, 2.05) is 0 Å². The zero-order valence-corrected chi connectivity index (χ0v) is 18.4.